The quantitative estimate of drug-likeness (QED) is 0.340. The Labute approximate surface area is 215 Å². The van der Waals surface area contributed by atoms with Crippen LogP contribution in [0.3, 0.4) is 0 Å². The Morgan fingerprint density at radius 2 is 1.64 bits per heavy atom. The van der Waals surface area contributed by atoms with Crippen molar-refractivity contribution >= 4 is 28.7 Å². The molecule has 4 aromatic rings. The van der Waals surface area contributed by atoms with Gasteiger partial charge < -0.3 is 9.80 Å². The molecule has 0 atom stereocenters. The topological polar surface area (TPSA) is 66.4 Å². The first-order chi connectivity index (χ1) is 17.5. The number of carbonyl (C=O) groups is 2. The number of hydrogen-bond donors (Lipinski definition) is 0. The predicted octanol–water partition coefficient (Wildman–Crippen LogP) is 5.27. The van der Waals surface area contributed by atoms with Gasteiger partial charge in [0, 0.05) is 65.8 Å². The van der Waals surface area contributed by atoms with E-state index in [1.807, 2.05) is 47.5 Å². The molecule has 7 heteroatoms. The third-order valence-corrected chi connectivity index (χ3v) is 7.62. The molecule has 0 N–H and O–H groups in total. The zero-order valence-corrected chi connectivity index (χ0v) is 21.3. The molecule has 1 saturated heterocycles. The molecule has 0 unspecified atom stereocenters. The molecule has 6 nitrogen and oxygen atoms in total. The van der Waals surface area contributed by atoms with Crippen molar-refractivity contribution in [3.05, 3.63) is 89.1 Å². The third-order valence-electron chi connectivity index (χ3n) is 6.51. The van der Waals surface area contributed by atoms with Crippen LogP contribution in [0.5, 0.6) is 0 Å². The molecule has 5 rings (SSSR count). The summed E-state index contributed by atoms with van der Waals surface area (Å²) in [6.07, 6.45) is 3.89. The van der Waals surface area contributed by atoms with E-state index in [9.17, 15) is 9.59 Å². The van der Waals surface area contributed by atoms with Crippen LogP contribution < -0.4 is 4.90 Å². The number of pyridine rings is 1. The maximum Gasteiger partial charge on any atom is 0.228 e. The van der Waals surface area contributed by atoms with Crippen LogP contribution in [0.15, 0.2) is 73.1 Å². The third kappa shape index (κ3) is 5.21. The highest BCUT2D eigenvalue weighted by molar-refractivity contribution is 7.15. The van der Waals surface area contributed by atoms with Crippen molar-refractivity contribution in [2.75, 3.05) is 31.1 Å². The van der Waals surface area contributed by atoms with E-state index in [1.54, 1.807) is 24.5 Å². The Morgan fingerprint density at radius 1 is 0.917 bits per heavy atom. The highest BCUT2D eigenvalue weighted by atomic mass is 32.1. The lowest BCUT2D eigenvalue weighted by Gasteiger charge is -2.36. The molecule has 2 aromatic carbocycles. The second kappa shape index (κ2) is 10.4. The number of Topliss-reactive ketones (excluding diaryl/α,β-unsaturated/α-hetero) is 1. The van der Waals surface area contributed by atoms with Gasteiger partial charge in [-0.1, -0.05) is 29.8 Å². The van der Waals surface area contributed by atoms with Crippen LogP contribution in [0.25, 0.3) is 21.8 Å². The Hall–Kier alpha value is -3.84. The lowest BCUT2D eigenvalue weighted by atomic mass is 10.1. The van der Waals surface area contributed by atoms with Gasteiger partial charge in [-0.2, -0.15) is 0 Å². The van der Waals surface area contributed by atoms with E-state index >= 15 is 0 Å². The molecule has 0 saturated carbocycles. The lowest BCUT2D eigenvalue weighted by molar-refractivity contribution is -0.130. The molecule has 3 heterocycles. The Morgan fingerprint density at radius 3 is 2.28 bits per heavy atom. The van der Waals surface area contributed by atoms with E-state index in [4.69, 9.17) is 4.98 Å². The van der Waals surface area contributed by atoms with Crippen LogP contribution in [0, 0.1) is 6.92 Å². The summed E-state index contributed by atoms with van der Waals surface area (Å²) in [7, 11) is 0. The number of hydrogen-bond acceptors (Lipinski definition) is 6. The van der Waals surface area contributed by atoms with Crippen LogP contribution in [0.2, 0.25) is 0 Å². The van der Waals surface area contributed by atoms with Gasteiger partial charge >= 0.3 is 0 Å². The van der Waals surface area contributed by atoms with E-state index in [0.29, 0.717) is 25.1 Å². The standard InChI is InChI=1S/C29H28N4O2S/c1-20-5-7-23(8-6-20)28-26(36-29(31-28)24-4-3-13-30-19-24)18-27(35)33-16-14-32(15-17-33)25-11-9-22(10-12-25)21(2)34/h3-13,19H,14-18H2,1-2H3. The number of benzene rings is 2. The van der Waals surface area contributed by atoms with E-state index in [2.05, 4.69) is 41.1 Å². The number of piperazine rings is 1. The van der Waals surface area contributed by atoms with Crippen LogP contribution >= 0.6 is 11.3 Å². The van der Waals surface area contributed by atoms with E-state index < -0.39 is 0 Å². The molecular weight excluding hydrogens is 468 g/mol. The number of aromatic nitrogens is 2. The molecule has 182 valence electrons. The minimum atomic E-state index is 0.0664. The van der Waals surface area contributed by atoms with Crippen molar-refractivity contribution in [2.45, 2.75) is 20.3 Å². The number of nitrogens with zero attached hydrogens (tertiary/aromatic N) is 4. The number of carbonyl (C=O) groups excluding carboxylic acids is 2. The fraction of sp³-hybridized carbons (Fsp3) is 0.241. The van der Waals surface area contributed by atoms with Crippen LogP contribution in [0.4, 0.5) is 5.69 Å². The number of rotatable bonds is 6. The van der Waals surface area contributed by atoms with Gasteiger partial charge in [0.1, 0.15) is 5.01 Å². The second-order valence-corrected chi connectivity index (χ2v) is 10.1. The zero-order chi connectivity index (χ0) is 25.1. The molecule has 2 aromatic heterocycles. The first kappa shape index (κ1) is 23.9. The largest absolute Gasteiger partial charge is 0.368 e. The van der Waals surface area contributed by atoms with Crippen molar-refractivity contribution in [2.24, 2.45) is 0 Å². The molecule has 0 bridgehead atoms. The molecule has 36 heavy (non-hydrogen) atoms. The maximum atomic E-state index is 13.4. The lowest BCUT2D eigenvalue weighted by Crippen LogP contribution is -2.49. The molecule has 0 aliphatic carbocycles. The predicted molar refractivity (Wildman–Crippen MR) is 144 cm³/mol. The van der Waals surface area contributed by atoms with Crippen molar-refractivity contribution in [3.8, 4) is 21.8 Å². The molecule has 1 aliphatic rings. The number of thiazole rings is 1. The van der Waals surface area contributed by atoms with E-state index in [-0.39, 0.29) is 11.7 Å². The average molecular weight is 497 g/mol. The summed E-state index contributed by atoms with van der Waals surface area (Å²) in [6.45, 7) is 6.50. The normalized spacial score (nSPS) is 13.6. The molecule has 1 fully saturated rings. The second-order valence-electron chi connectivity index (χ2n) is 9.05. The van der Waals surface area contributed by atoms with Gasteiger partial charge in [0.05, 0.1) is 12.1 Å². The first-order valence-corrected chi connectivity index (χ1v) is 12.9. The summed E-state index contributed by atoms with van der Waals surface area (Å²) in [5.74, 6) is 0.188. The molecule has 0 radical (unpaired) electrons. The fourth-order valence-electron chi connectivity index (χ4n) is 4.39. The minimum Gasteiger partial charge on any atom is -0.368 e. The summed E-state index contributed by atoms with van der Waals surface area (Å²) in [5.41, 5.74) is 5.83. The highest BCUT2D eigenvalue weighted by Crippen LogP contribution is 2.34. The number of anilines is 1. The van der Waals surface area contributed by atoms with E-state index in [0.717, 1.165) is 45.5 Å². The van der Waals surface area contributed by atoms with Gasteiger partial charge in [-0.15, -0.1) is 11.3 Å². The van der Waals surface area contributed by atoms with Crippen molar-refractivity contribution in [3.63, 3.8) is 0 Å². The van der Waals surface area contributed by atoms with Gasteiger partial charge in [-0.25, -0.2) is 4.98 Å². The zero-order valence-electron chi connectivity index (χ0n) is 20.5. The monoisotopic (exact) mass is 496 g/mol. The molecule has 1 amide bonds. The number of ketones is 1. The minimum absolute atomic E-state index is 0.0664. The maximum absolute atomic E-state index is 13.4. The fourth-order valence-corrected chi connectivity index (χ4v) is 5.46. The van der Waals surface area contributed by atoms with Crippen molar-refractivity contribution in [1.82, 2.24) is 14.9 Å². The highest BCUT2D eigenvalue weighted by Gasteiger charge is 2.24. The summed E-state index contributed by atoms with van der Waals surface area (Å²) < 4.78 is 0. The SMILES string of the molecule is CC(=O)c1ccc(N2CCN(C(=O)Cc3sc(-c4cccnc4)nc3-c3ccc(C)cc3)CC2)cc1. The Balaban J connectivity index is 1.31. The van der Waals surface area contributed by atoms with Crippen molar-refractivity contribution in [1.29, 1.82) is 0 Å². The summed E-state index contributed by atoms with van der Waals surface area (Å²) in [5, 5.41) is 0.875. The van der Waals surface area contributed by atoms with Crippen LogP contribution in [-0.4, -0.2) is 52.7 Å². The van der Waals surface area contributed by atoms with Gasteiger partial charge in [0.15, 0.2) is 5.78 Å². The van der Waals surface area contributed by atoms with Gasteiger partial charge in [-0.3, -0.25) is 14.6 Å². The summed E-state index contributed by atoms with van der Waals surface area (Å²) >= 11 is 1.57. The number of amides is 1. The van der Waals surface area contributed by atoms with Crippen molar-refractivity contribution < 1.29 is 9.59 Å². The van der Waals surface area contributed by atoms with E-state index in [1.165, 1.54) is 5.56 Å². The summed E-state index contributed by atoms with van der Waals surface area (Å²) in [6, 6.07) is 19.9. The molecule has 1 aliphatic heterocycles. The first-order valence-electron chi connectivity index (χ1n) is 12.1. The summed E-state index contributed by atoms with van der Waals surface area (Å²) in [4.78, 5) is 39.2. The van der Waals surface area contributed by atoms with Gasteiger partial charge in [-0.05, 0) is 50.2 Å². The average Bonchev–Trinajstić information content (AvgIpc) is 3.33. The smallest absolute Gasteiger partial charge is 0.228 e. The van der Waals surface area contributed by atoms with Crippen LogP contribution in [-0.2, 0) is 11.2 Å². The molecule has 0 spiro atoms. The Bertz CT molecular complexity index is 1360. The number of aryl methyl sites for hydroxylation is 1. The van der Waals surface area contributed by atoms with Gasteiger partial charge in [0.2, 0.25) is 5.91 Å². The van der Waals surface area contributed by atoms with Crippen LogP contribution in [0.1, 0.15) is 27.7 Å². The molecular formula is C29H28N4O2S. The Kier molecular flexibility index (Phi) is 6.91. The van der Waals surface area contributed by atoms with Gasteiger partial charge in [0.25, 0.3) is 0 Å².